The fraction of sp³-hybridized carbons (Fsp3) is 0.250. The molecule has 0 aliphatic rings. The smallest absolute Gasteiger partial charge is 0.356 e. The van der Waals surface area contributed by atoms with Crippen LogP contribution < -0.4 is 5.32 Å². The van der Waals surface area contributed by atoms with Crippen molar-refractivity contribution in [1.29, 1.82) is 0 Å². The number of aromatic nitrogens is 2. The molecule has 120 valence electrons. The van der Waals surface area contributed by atoms with Gasteiger partial charge in [0, 0.05) is 12.5 Å². The first-order valence-electron chi connectivity index (χ1n) is 7.12. The molecule has 2 rings (SSSR count). The van der Waals surface area contributed by atoms with Crippen molar-refractivity contribution >= 4 is 17.8 Å². The molecule has 1 aromatic carbocycles. The number of nitrogens with zero attached hydrogens (tertiary/aromatic N) is 2. The molecule has 0 fully saturated rings. The summed E-state index contributed by atoms with van der Waals surface area (Å²) >= 11 is 0. The summed E-state index contributed by atoms with van der Waals surface area (Å²) in [6.07, 6.45) is 3.60. The van der Waals surface area contributed by atoms with Gasteiger partial charge in [0.15, 0.2) is 5.69 Å². The summed E-state index contributed by atoms with van der Waals surface area (Å²) in [5.74, 6) is -1.59. The summed E-state index contributed by atoms with van der Waals surface area (Å²) in [4.78, 5) is 29.4. The van der Waals surface area contributed by atoms with Crippen molar-refractivity contribution < 1.29 is 19.8 Å². The molecule has 0 saturated heterocycles. The number of aromatic carboxylic acids is 1. The lowest BCUT2D eigenvalue weighted by molar-refractivity contribution is -0.137. The van der Waals surface area contributed by atoms with Crippen molar-refractivity contribution in [1.82, 2.24) is 9.97 Å². The van der Waals surface area contributed by atoms with E-state index >= 15 is 0 Å². The normalized spacial score (nSPS) is 11.7. The average molecular weight is 315 g/mol. The molecule has 0 saturated carbocycles. The molecule has 3 N–H and O–H groups in total. The third-order valence-corrected chi connectivity index (χ3v) is 3.25. The van der Waals surface area contributed by atoms with E-state index in [4.69, 9.17) is 10.2 Å². The number of aliphatic carboxylic acids is 1. The Morgan fingerprint density at radius 2 is 1.83 bits per heavy atom. The van der Waals surface area contributed by atoms with Gasteiger partial charge in [-0.05, 0) is 18.4 Å². The number of hydrogen-bond donors (Lipinski definition) is 3. The highest BCUT2D eigenvalue weighted by molar-refractivity contribution is 5.84. The van der Waals surface area contributed by atoms with Gasteiger partial charge in [0.25, 0.3) is 0 Å². The second-order valence-corrected chi connectivity index (χ2v) is 5.06. The van der Waals surface area contributed by atoms with Crippen LogP contribution in [-0.2, 0) is 11.2 Å². The Labute approximate surface area is 133 Å². The lowest BCUT2D eigenvalue weighted by atomic mass is 10.0. The summed E-state index contributed by atoms with van der Waals surface area (Å²) in [6.45, 7) is 0. The summed E-state index contributed by atoms with van der Waals surface area (Å²) in [5.41, 5.74) is 0.936. The number of hydrogen-bond acceptors (Lipinski definition) is 5. The maximum atomic E-state index is 10.8. The van der Waals surface area contributed by atoms with Crippen LogP contribution in [0.15, 0.2) is 42.7 Å². The first kappa shape index (κ1) is 16.4. The van der Waals surface area contributed by atoms with Crippen molar-refractivity contribution in [2.75, 3.05) is 5.32 Å². The molecular weight excluding hydrogens is 298 g/mol. The molecule has 7 nitrogen and oxygen atoms in total. The van der Waals surface area contributed by atoms with E-state index in [-0.39, 0.29) is 18.2 Å². The van der Waals surface area contributed by atoms with E-state index in [0.29, 0.717) is 18.7 Å². The number of benzene rings is 1. The number of nitrogens with one attached hydrogen (secondary N) is 1. The quantitative estimate of drug-likeness (QED) is 0.683. The van der Waals surface area contributed by atoms with Crippen molar-refractivity contribution in [2.24, 2.45) is 0 Å². The molecule has 0 radical (unpaired) electrons. The fourth-order valence-corrected chi connectivity index (χ4v) is 2.14. The van der Waals surface area contributed by atoms with Crippen LogP contribution in [0.1, 0.15) is 28.9 Å². The van der Waals surface area contributed by atoms with Gasteiger partial charge >= 0.3 is 11.9 Å². The summed E-state index contributed by atoms with van der Waals surface area (Å²) in [5, 5.41) is 20.8. The molecule has 1 unspecified atom stereocenters. The highest BCUT2D eigenvalue weighted by Crippen LogP contribution is 2.13. The Kier molecular flexibility index (Phi) is 5.62. The molecule has 1 aromatic heterocycles. The van der Waals surface area contributed by atoms with Crippen molar-refractivity contribution in [3.05, 3.63) is 54.0 Å². The van der Waals surface area contributed by atoms with Crippen LogP contribution in [0.25, 0.3) is 0 Å². The van der Waals surface area contributed by atoms with Gasteiger partial charge in [-0.3, -0.25) is 4.79 Å². The predicted octanol–water partition coefficient (Wildman–Crippen LogP) is 2.06. The minimum atomic E-state index is -1.14. The number of carbonyl (C=O) groups is 2. The van der Waals surface area contributed by atoms with Gasteiger partial charge in [-0.2, -0.15) is 0 Å². The molecule has 0 bridgehead atoms. The van der Waals surface area contributed by atoms with Crippen LogP contribution in [0, 0.1) is 0 Å². The standard InChI is InChI=1S/C16H17N3O4/c20-15(21)7-6-12(8-11-4-2-1-3-5-11)19-14-10-17-13(9-18-14)16(22)23/h1-5,9-10,12H,6-8H2,(H,18,19)(H,20,21)(H,22,23). The highest BCUT2D eigenvalue weighted by atomic mass is 16.4. The zero-order chi connectivity index (χ0) is 16.7. The second kappa shape index (κ2) is 7.88. The third-order valence-electron chi connectivity index (χ3n) is 3.25. The molecule has 0 aliphatic heterocycles. The lowest BCUT2D eigenvalue weighted by Gasteiger charge is -2.18. The van der Waals surface area contributed by atoms with E-state index in [0.717, 1.165) is 5.56 Å². The minimum Gasteiger partial charge on any atom is -0.481 e. The van der Waals surface area contributed by atoms with Gasteiger partial charge in [-0.15, -0.1) is 0 Å². The Morgan fingerprint density at radius 3 is 2.39 bits per heavy atom. The first-order valence-corrected chi connectivity index (χ1v) is 7.12. The summed E-state index contributed by atoms with van der Waals surface area (Å²) in [6, 6.07) is 9.55. The predicted molar refractivity (Wildman–Crippen MR) is 83.4 cm³/mol. The van der Waals surface area contributed by atoms with Gasteiger partial charge in [0.05, 0.1) is 12.4 Å². The van der Waals surface area contributed by atoms with E-state index < -0.39 is 11.9 Å². The van der Waals surface area contributed by atoms with Gasteiger partial charge in [-0.25, -0.2) is 14.8 Å². The number of carboxylic acid groups (broad SMARTS) is 2. The molecule has 1 atom stereocenters. The zero-order valence-corrected chi connectivity index (χ0v) is 12.3. The second-order valence-electron chi connectivity index (χ2n) is 5.06. The minimum absolute atomic E-state index is 0.0329. The van der Waals surface area contributed by atoms with Crippen LogP contribution in [0.4, 0.5) is 5.82 Å². The molecule has 0 aliphatic carbocycles. The Bertz CT molecular complexity index is 659. The average Bonchev–Trinajstić information content (AvgIpc) is 2.54. The highest BCUT2D eigenvalue weighted by Gasteiger charge is 2.13. The van der Waals surface area contributed by atoms with Crippen LogP contribution in [0.2, 0.25) is 0 Å². The summed E-state index contributed by atoms with van der Waals surface area (Å²) < 4.78 is 0. The van der Waals surface area contributed by atoms with E-state index in [9.17, 15) is 9.59 Å². The van der Waals surface area contributed by atoms with Crippen molar-refractivity contribution in [3.63, 3.8) is 0 Å². The van der Waals surface area contributed by atoms with E-state index in [1.165, 1.54) is 12.4 Å². The van der Waals surface area contributed by atoms with Crippen molar-refractivity contribution in [3.8, 4) is 0 Å². The van der Waals surface area contributed by atoms with Gasteiger partial charge in [0.1, 0.15) is 5.82 Å². The summed E-state index contributed by atoms with van der Waals surface area (Å²) in [7, 11) is 0. The first-order chi connectivity index (χ1) is 11.0. The molecule has 1 heterocycles. The Balaban J connectivity index is 2.06. The molecule has 0 amide bonds. The van der Waals surface area contributed by atoms with Crippen LogP contribution in [0.3, 0.4) is 0 Å². The molecule has 0 spiro atoms. The van der Waals surface area contributed by atoms with Crippen LogP contribution >= 0.6 is 0 Å². The largest absolute Gasteiger partial charge is 0.481 e. The maximum Gasteiger partial charge on any atom is 0.356 e. The SMILES string of the molecule is O=C(O)CCC(Cc1ccccc1)Nc1cnc(C(=O)O)cn1. The maximum absolute atomic E-state index is 10.8. The number of anilines is 1. The van der Waals surface area contributed by atoms with Gasteiger partial charge in [0.2, 0.25) is 0 Å². The lowest BCUT2D eigenvalue weighted by Crippen LogP contribution is -2.24. The molecule has 7 heteroatoms. The van der Waals surface area contributed by atoms with Crippen LogP contribution in [-0.4, -0.2) is 38.2 Å². The number of rotatable bonds is 8. The fourth-order valence-electron chi connectivity index (χ4n) is 2.14. The molecule has 2 aromatic rings. The topological polar surface area (TPSA) is 112 Å². The van der Waals surface area contributed by atoms with E-state index in [1.54, 1.807) is 0 Å². The van der Waals surface area contributed by atoms with Crippen LogP contribution in [0.5, 0.6) is 0 Å². The monoisotopic (exact) mass is 315 g/mol. The van der Waals surface area contributed by atoms with Gasteiger partial charge < -0.3 is 15.5 Å². The molecule has 23 heavy (non-hydrogen) atoms. The van der Waals surface area contributed by atoms with Crippen molar-refractivity contribution in [2.45, 2.75) is 25.3 Å². The van der Waals surface area contributed by atoms with Gasteiger partial charge in [-0.1, -0.05) is 30.3 Å². The zero-order valence-electron chi connectivity index (χ0n) is 12.3. The third kappa shape index (κ3) is 5.39. The van der Waals surface area contributed by atoms with E-state index in [2.05, 4.69) is 15.3 Å². The van der Waals surface area contributed by atoms with E-state index in [1.807, 2.05) is 30.3 Å². The molecular formula is C16H17N3O4. The number of carboxylic acids is 2. The Hall–Kier alpha value is -2.96. The Morgan fingerprint density at radius 1 is 1.09 bits per heavy atom.